The van der Waals surface area contributed by atoms with Gasteiger partial charge in [0.2, 0.25) is 0 Å². The first-order valence-electron chi connectivity index (χ1n) is 5.82. The zero-order valence-electron chi connectivity index (χ0n) is 10.5. The number of rotatable bonds is 2. The molecular weight excluding hydrogens is 236 g/mol. The summed E-state index contributed by atoms with van der Waals surface area (Å²) in [5, 5.41) is 0.496. The molecule has 1 aromatic heterocycles. The average Bonchev–Trinajstić information content (AvgIpc) is 2.64. The van der Waals surface area contributed by atoms with E-state index in [-0.39, 0.29) is 0 Å². The van der Waals surface area contributed by atoms with Crippen molar-refractivity contribution in [3.8, 4) is 0 Å². The van der Waals surface area contributed by atoms with Crippen LogP contribution in [-0.4, -0.2) is 43.1 Å². The van der Waals surface area contributed by atoms with E-state index in [0.717, 1.165) is 18.9 Å². The summed E-state index contributed by atoms with van der Waals surface area (Å²) in [7, 11) is 4.22. The number of nitrogens with two attached hydrogens (primary N) is 1. The monoisotopic (exact) mass is 254 g/mol. The average molecular weight is 255 g/mol. The van der Waals surface area contributed by atoms with E-state index in [4.69, 9.17) is 17.3 Å². The number of hydrogen-bond donors (Lipinski definition) is 1. The van der Waals surface area contributed by atoms with E-state index < -0.39 is 0 Å². The lowest BCUT2D eigenvalue weighted by molar-refractivity contribution is 0.266. The number of nitrogens with zero attached hydrogens (tertiary/aromatic N) is 3. The van der Waals surface area contributed by atoms with E-state index in [1.165, 1.54) is 0 Å². The van der Waals surface area contributed by atoms with Crippen molar-refractivity contribution in [3.63, 3.8) is 0 Å². The lowest BCUT2D eigenvalue weighted by Crippen LogP contribution is -2.34. The summed E-state index contributed by atoms with van der Waals surface area (Å²) in [4.78, 5) is 8.80. The standard InChI is InChI=1S/C12H19ClN4/c1-8-6-17(7-10(8)16(2)3)12-9(14)4-5-11(13)15-12/h4-5,8,10H,6-7,14H2,1-3H3. The van der Waals surface area contributed by atoms with E-state index in [1.807, 2.05) is 6.07 Å². The summed E-state index contributed by atoms with van der Waals surface area (Å²) < 4.78 is 0. The van der Waals surface area contributed by atoms with E-state index in [1.54, 1.807) is 6.07 Å². The van der Waals surface area contributed by atoms with Gasteiger partial charge in [0.25, 0.3) is 0 Å². The van der Waals surface area contributed by atoms with Gasteiger partial charge in [-0.2, -0.15) is 0 Å². The Morgan fingerprint density at radius 2 is 2.12 bits per heavy atom. The lowest BCUT2D eigenvalue weighted by atomic mass is 10.1. The van der Waals surface area contributed by atoms with E-state index in [2.05, 4.69) is 35.8 Å². The molecule has 1 aromatic rings. The van der Waals surface area contributed by atoms with Crippen molar-refractivity contribution in [2.24, 2.45) is 5.92 Å². The van der Waals surface area contributed by atoms with Crippen LogP contribution in [0, 0.1) is 5.92 Å². The molecule has 1 aliphatic rings. The van der Waals surface area contributed by atoms with Crippen molar-refractivity contribution in [1.29, 1.82) is 0 Å². The molecule has 0 spiro atoms. The number of aromatic nitrogens is 1. The molecule has 2 heterocycles. The highest BCUT2D eigenvalue weighted by Gasteiger charge is 2.32. The number of pyridine rings is 1. The molecule has 17 heavy (non-hydrogen) atoms. The molecular formula is C12H19ClN4. The predicted molar refractivity (Wildman–Crippen MR) is 72.5 cm³/mol. The Balaban J connectivity index is 2.22. The smallest absolute Gasteiger partial charge is 0.153 e. The molecule has 0 bridgehead atoms. The quantitative estimate of drug-likeness (QED) is 0.816. The number of hydrogen-bond acceptors (Lipinski definition) is 4. The van der Waals surface area contributed by atoms with Crippen LogP contribution in [0.4, 0.5) is 11.5 Å². The Bertz CT molecular complexity index is 407. The van der Waals surface area contributed by atoms with Gasteiger partial charge in [0.1, 0.15) is 5.15 Å². The Kier molecular flexibility index (Phi) is 3.45. The highest BCUT2D eigenvalue weighted by atomic mass is 35.5. The summed E-state index contributed by atoms with van der Waals surface area (Å²) in [6.07, 6.45) is 0. The first-order chi connectivity index (χ1) is 7.99. The van der Waals surface area contributed by atoms with Crippen LogP contribution >= 0.6 is 11.6 Å². The third kappa shape index (κ3) is 2.48. The Morgan fingerprint density at radius 1 is 1.41 bits per heavy atom. The Hall–Kier alpha value is -1.00. The Labute approximate surface area is 107 Å². The first kappa shape index (κ1) is 12.5. The molecule has 0 saturated carbocycles. The maximum atomic E-state index is 5.96. The molecule has 4 nitrogen and oxygen atoms in total. The largest absolute Gasteiger partial charge is 0.396 e. The van der Waals surface area contributed by atoms with Gasteiger partial charge in [0, 0.05) is 19.1 Å². The number of halogens is 1. The van der Waals surface area contributed by atoms with E-state index >= 15 is 0 Å². The van der Waals surface area contributed by atoms with Crippen LogP contribution in [0.15, 0.2) is 12.1 Å². The zero-order chi connectivity index (χ0) is 12.6. The summed E-state index contributed by atoms with van der Waals surface area (Å²) >= 11 is 5.93. The van der Waals surface area contributed by atoms with Crippen molar-refractivity contribution in [1.82, 2.24) is 9.88 Å². The molecule has 0 amide bonds. The molecule has 1 fully saturated rings. The van der Waals surface area contributed by atoms with Gasteiger partial charge < -0.3 is 15.5 Å². The fraction of sp³-hybridized carbons (Fsp3) is 0.583. The molecule has 2 rings (SSSR count). The molecule has 2 atom stereocenters. The van der Waals surface area contributed by atoms with Crippen molar-refractivity contribution < 1.29 is 0 Å². The number of likely N-dealkylation sites (N-methyl/N-ethyl adjacent to an activating group) is 1. The van der Waals surface area contributed by atoms with Gasteiger partial charge in [0.05, 0.1) is 5.69 Å². The second-order valence-corrected chi connectivity index (χ2v) is 5.35. The molecule has 1 saturated heterocycles. The van der Waals surface area contributed by atoms with Crippen LogP contribution in [0.3, 0.4) is 0 Å². The second kappa shape index (κ2) is 4.70. The van der Waals surface area contributed by atoms with Gasteiger partial charge in [-0.05, 0) is 32.1 Å². The van der Waals surface area contributed by atoms with Crippen molar-refractivity contribution in [3.05, 3.63) is 17.3 Å². The Morgan fingerprint density at radius 3 is 2.71 bits per heavy atom. The van der Waals surface area contributed by atoms with Gasteiger partial charge in [-0.1, -0.05) is 18.5 Å². The predicted octanol–water partition coefficient (Wildman–Crippen LogP) is 1.70. The fourth-order valence-electron chi connectivity index (χ4n) is 2.48. The van der Waals surface area contributed by atoms with Crippen LogP contribution < -0.4 is 10.6 Å². The van der Waals surface area contributed by atoms with Gasteiger partial charge >= 0.3 is 0 Å². The van der Waals surface area contributed by atoms with Gasteiger partial charge in [0.15, 0.2) is 5.82 Å². The maximum absolute atomic E-state index is 5.96. The SMILES string of the molecule is CC1CN(c2nc(Cl)ccc2N)CC1N(C)C. The third-order valence-electron chi connectivity index (χ3n) is 3.41. The van der Waals surface area contributed by atoms with Crippen LogP contribution in [0.2, 0.25) is 5.15 Å². The minimum absolute atomic E-state index is 0.496. The zero-order valence-corrected chi connectivity index (χ0v) is 11.3. The van der Waals surface area contributed by atoms with Gasteiger partial charge in [-0.15, -0.1) is 0 Å². The molecule has 0 aromatic carbocycles. The fourth-order valence-corrected chi connectivity index (χ4v) is 2.63. The van der Waals surface area contributed by atoms with Gasteiger partial charge in [-0.3, -0.25) is 0 Å². The third-order valence-corrected chi connectivity index (χ3v) is 3.62. The molecule has 2 N–H and O–H groups in total. The van der Waals surface area contributed by atoms with Crippen LogP contribution in [0.1, 0.15) is 6.92 Å². The molecule has 94 valence electrons. The molecule has 0 radical (unpaired) electrons. The van der Waals surface area contributed by atoms with E-state index in [9.17, 15) is 0 Å². The summed E-state index contributed by atoms with van der Waals surface area (Å²) in [6, 6.07) is 4.08. The second-order valence-electron chi connectivity index (χ2n) is 4.96. The van der Waals surface area contributed by atoms with E-state index in [0.29, 0.717) is 22.8 Å². The van der Waals surface area contributed by atoms with Crippen molar-refractivity contribution in [2.75, 3.05) is 37.8 Å². The van der Waals surface area contributed by atoms with Crippen LogP contribution in [0.25, 0.3) is 0 Å². The van der Waals surface area contributed by atoms with Crippen molar-refractivity contribution in [2.45, 2.75) is 13.0 Å². The molecule has 5 heteroatoms. The minimum Gasteiger partial charge on any atom is -0.396 e. The van der Waals surface area contributed by atoms with Crippen LogP contribution in [0.5, 0.6) is 0 Å². The summed E-state index contributed by atoms with van der Waals surface area (Å²) in [6.45, 7) is 4.18. The molecule has 1 aliphatic heterocycles. The minimum atomic E-state index is 0.496. The topological polar surface area (TPSA) is 45.4 Å². The van der Waals surface area contributed by atoms with Gasteiger partial charge in [-0.25, -0.2) is 4.98 Å². The summed E-state index contributed by atoms with van der Waals surface area (Å²) in [5.41, 5.74) is 6.66. The molecule has 2 unspecified atom stereocenters. The maximum Gasteiger partial charge on any atom is 0.153 e. The molecule has 0 aliphatic carbocycles. The number of nitrogen functional groups attached to an aromatic ring is 1. The first-order valence-corrected chi connectivity index (χ1v) is 6.20. The highest BCUT2D eigenvalue weighted by Crippen LogP contribution is 2.29. The number of anilines is 2. The van der Waals surface area contributed by atoms with Crippen molar-refractivity contribution >= 4 is 23.1 Å². The lowest BCUT2D eigenvalue weighted by Gasteiger charge is -2.23. The van der Waals surface area contributed by atoms with Crippen LogP contribution in [-0.2, 0) is 0 Å². The summed E-state index contributed by atoms with van der Waals surface area (Å²) in [5.74, 6) is 1.42. The highest BCUT2D eigenvalue weighted by molar-refractivity contribution is 6.29. The normalized spacial score (nSPS) is 24.6.